The zero-order valence-corrected chi connectivity index (χ0v) is 68.4. The van der Waals surface area contributed by atoms with Gasteiger partial charge in [0.1, 0.15) is 63.0 Å². The minimum atomic E-state index is -3.98. The molecule has 16 rings (SSSR count). The van der Waals surface area contributed by atoms with E-state index in [1.54, 1.807) is 58.6 Å². The maximum absolute atomic E-state index is 14.9. The molecule has 0 radical (unpaired) electrons. The lowest BCUT2D eigenvalue weighted by Crippen LogP contribution is -2.58. The lowest BCUT2D eigenvalue weighted by Gasteiger charge is -2.37. The van der Waals surface area contributed by atoms with E-state index in [9.17, 15) is 50.4 Å². The summed E-state index contributed by atoms with van der Waals surface area (Å²) in [6.45, 7) is 8.87. The number of rotatable bonds is 13. The van der Waals surface area contributed by atoms with Gasteiger partial charge in [-0.25, -0.2) is 26.8 Å². The number of aromatic nitrogens is 2. The zero-order valence-electron chi connectivity index (χ0n) is 65.2. The predicted molar refractivity (Wildman–Crippen MR) is 421 cm³/mol. The minimum Gasteiger partial charge on any atom is -0.497 e. The Morgan fingerprint density at radius 1 is 0.646 bits per heavy atom. The fourth-order valence-corrected chi connectivity index (χ4v) is 19.9. The molecule has 29 nitrogen and oxygen atoms in total. The summed E-state index contributed by atoms with van der Waals surface area (Å²) >= 11 is 4.55. The molecule has 2 spiro atoms. The molecular formula is C80H105Cl2N13O16S2. The van der Waals surface area contributed by atoms with Crippen molar-refractivity contribution < 1.29 is 74.1 Å². The Balaban J connectivity index is 0.000000186. The van der Waals surface area contributed by atoms with Gasteiger partial charge in [0, 0.05) is 64.3 Å². The van der Waals surface area contributed by atoms with E-state index in [0.717, 1.165) is 126 Å². The molecule has 2 aromatic heterocycles. The summed E-state index contributed by atoms with van der Waals surface area (Å²) in [6, 6.07) is 8.94. The first-order chi connectivity index (χ1) is 53.2. The first kappa shape index (κ1) is 82.8. The number of carbonyl (C=O) groups excluding carboxylic acids is 7. The molecule has 0 unspecified atom stereocenters. The fourth-order valence-electron chi connectivity index (χ4n) is 17.2. The van der Waals surface area contributed by atoms with Crippen molar-refractivity contribution in [2.45, 2.75) is 275 Å². The SMILES string of the molecule is COc1ccc2nc(C3CC3)c3c(c2c1)CC[C@]1(C[C@H]2C(=O)N[C@]4(C(=O)NS(=O)(=O)C5(C)CC5)C[C@H]4/C=C\CCCCC[C@H](CC(=O)OC(C)(C)C)C(=O)N2C1)O3.COc1ccc2nc(C3CC3)c3c(c2c1)CC[C@]1(C[C@H]2C(=O)N[C@]4(C(=O)NS(=O)(=O)C5(C)CC5)C[C@H]4/C=C\CCCCC[C@H](N)C(=O)N2C1)O3.Cl.N=NN=NCl. The average molecular weight is 1640 g/mol. The van der Waals surface area contributed by atoms with Gasteiger partial charge in [-0.05, 0) is 210 Å². The number of hydrogen-bond donors (Lipinski definition) is 6. The number of carbonyl (C=O) groups is 7. The Morgan fingerprint density at radius 3 is 1.49 bits per heavy atom. The minimum absolute atomic E-state index is 0. The Kier molecular flexibility index (Phi) is 23.3. The van der Waals surface area contributed by atoms with Crippen LogP contribution in [0.2, 0.25) is 0 Å². The Hall–Kier alpha value is -8.13. The lowest BCUT2D eigenvalue weighted by molar-refractivity contribution is -0.159. The second-order valence-electron chi connectivity index (χ2n) is 34.7. The van der Waals surface area contributed by atoms with Crippen LogP contribution in [-0.2, 0) is 71.2 Å². The first-order valence-corrected chi connectivity index (χ1v) is 43.0. The molecule has 7 N–H and O–H groups in total. The molecule has 6 amide bonds. The molecule has 4 aromatic rings. The van der Waals surface area contributed by atoms with Crippen molar-refractivity contribution in [3.05, 3.63) is 83.2 Å². The van der Waals surface area contributed by atoms with Crippen molar-refractivity contribution in [3.8, 4) is 23.0 Å². The first-order valence-electron chi connectivity index (χ1n) is 39.7. The number of nitrogens with one attached hydrogen (secondary N) is 5. The van der Waals surface area contributed by atoms with Crippen LogP contribution in [-0.4, -0.2) is 161 Å². The molecule has 2 aromatic carbocycles. The van der Waals surface area contributed by atoms with Gasteiger partial charge in [-0.15, -0.1) is 12.4 Å². The molecule has 33 heteroatoms. The monoisotopic (exact) mass is 1640 g/mol. The van der Waals surface area contributed by atoms with Gasteiger partial charge in [0.05, 0.1) is 83.5 Å². The number of fused-ring (bicyclic) bond motifs is 10. The molecule has 0 bridgehead atoms. The highest BCUT2D eigenvalue weighted by atomic mass is 35.5. The van der Waals surface area contributed by atoms with Crippen LogP contribution in [0.1, 0.15) is 229 Å². The van der Waals surface area contributed by atoms with Crippen molar-refractivity contribution >= 4 is 107 Å². The third-order valence-corrected chi connectivity index (χ3v) is 29.5. The van der Waals surface area contributed by atoms with Gasteiger partial charge in [0.25, 0.3) is 11.8 Å². The van der Waals surface area contributed by atoms with Gasteiger partial charge in [-0.3, -0.25) is 43.0 Å². The highest BCUT2D eigenvalue weighted by Gasteiger charge is 2.66. The van der Waals surface area contributed by atoms with E-state index in [2.05, 4.69) is 46.9 Å². The van der Waals surface area contributed by atoms with Crippen LogP contribution in [0, 0.1) is 23.3 Å². The number of allylic oxidation sites excluding steroid dienone is 2. The molecule has 6 aliphatic heterocycles. The van der Waals surface area contributed by atoms with E-state index in [-0.39, 0.29) is 81.3 Å². The normalized spacial score (nSPS) is 30.2. The molecule has 8 heterocycles. The van der Waals surface area contributed by atoms with Crippen molar-refractivity contribution in [1.82, 2.24) is 39.8 Å². The van der Waals surface area contributed by atoms with E-state index in [4.69, 9.17) is 44.9 Å². The standard InChI is InChI=1S/C43H56N4O9S.C37H47N5O7S.ClHN4.ClH/c1-40(2,3)55-34(48)21-27-11-9-7-6-8-10-12-28-23-43(28,39(51)46-57(52,53)41(4)19-20-41)45-37(49)33-24-42(25-47(33)38(27)50)18-17-30-31-22-29(54-5)15-16-32(31)44-35(26-13-14-26)36(30)56-42;1-35(16-17-35)50(46,47)41-34(45)37-19-23(37)8-6-4-3-5-7-9-27(38)33(44)42-21-36(20-29(42)32(43)40-37)15-14-25-26-18-24(48-2)12-13-28(26)39-30(22-10-11-22)31(25)49-36;1-3-5-4-2;/h10,12,15-16,22,26-28,33H,6-9,11,13-14,17-21,23-25H2,1-5H3,(H,45,49)(H,46,51);6,8,12-13,18,22-23,27,29H,3-5,7,9-11,14-17,19-21,38H2,1-2H3,(H,40,43)(H,41,45);2H;1H/b12-10-;8-6-;;/t27-,28-,33+,42-,43-;23-,27+,29+,36-,37-;;/m11../s1. The number of sulfonamides is 2. The van der Waals surface area contributed by atoms with Crippen LogP contribution in [0.25, 0.3) is 21.8 Å². The Morgan fingerprint density at radius 2 is 1.09 bits per heavy atom. The van der Waals surface area contributed by atoms with Crippen molar-refractivity contribution in [2.24, 2.45) is 38.6 Å². The summed E-state index contributed by atoms with van der Waals surface area (Å²) in [5, 5.41) is 13.0. The molecule has 8 fully saturated rings. The fraction of sp³-hybridized carbons (Fsp3) is 0.637. The van der Waals surface area contributed by atoms with E-state index in [1.807, 2.05) is 60.7 Å². The molecule has 612 valence electrons. The van der Waals surface area contributed by atoms with Gasteiger partial charge in [-0.1, -0.05) is 54.6 Å². The van der Waals surface area contributed by atoms with Gasteiger partial charge >= 0.3 is 5.97 Å². The van der Waals surface area contributed by atoms with E-state index in [0.29, 0.717) is 88.0 Å². The van der Waals surface area contributed by atoms with Crippen LogP contribution >= 0.6 is 24.2 Å². The zero-order chi connectivity index (χ0) is 79.7. The van der Waals surface area contributed by atoms with Gasteiger partial charge in [0.2, 0.25) is 43.7 Å². The van der Waals surface area contributed by atoms with Gasteiger partial charge in [0.15, 0.2) is 0 Å². The molecule has 6 saturated carbocycles. The smallest absolute Gasteiger partial charge is 0.307 e. The van der Waals surface area contributed by atoms with Crippen LogP contribution < -0.4 is 44.8 Å². The van der Waals surface area contributed by atoms with Crippen LogP contribution in [0.4, 0.5) is 0 Å². The summed E-state index contributed by atoms with van der Waals surface area (Å²) < 4.78 is 88.8. The number of nitrogens with two attached hydrogens (primary N) is 1. The average Bonchev–Trinajstić information content (AvgIpc) is 1.53. The number of benzene rings is 2. The number of ether oxygens (including phenoxy) is 5. The van der Waals surface area contributed by atoms with Crippen LogP contribution in [0.15, 0.2) is 75.8 Å². The third-order valence-electron chi connectivity index (χ3n) is 25.1. The summed E-state index contributed by atoms with van der Waals surface area (Å²) in [4.78, 5) is 113. The number of methoxy groups -OCH3 is 2. The van der Waals surface area contributed by atoms with Crippen LogP contribution in [0.3, 0.4) is 0 Å². The number of nitrogens with zero attached hydrogens (tertiary/aromatic N) is 7. The summed E-state index contributed by atoms with van der Waals surface area (Å²) in [6.07, 6.45) is 24.2. The predicted octanol–water partition coefficient (Wildman–Crippen LogP) is 11.0. The Bertz CT molecular complexity index is 4790. The molecule has 6 aliphatic carbocycles. The van der Waals surface area contributed by atoms with E-state index in [1.165, 1.54) is 0 Å². The maximum atomic E-state index is 14.9. The maximum Gasteiger partial charge on any atom is 0.307 e. The summed E-state index contributed by atoms with van der Waals surface area (Å²) in [7, 11) is -4.65. The summed E-state index contributed by atoms with van der Waals surface area (Å²) in [5.74, 6) is -1.77. The molecule has 12 aliphatic rings. The number of pyridine rings is 2. The second kappa shape index (κ2) is 31.8. The van der Waals surface area contributed by atoms with Crippen LogP contribution in [0.5, 0.6) is 23.0 Å². The van der Waals surface area contributed by atoms with Crippen molar-refractivity contribution in [3.63, 3.8) is 0 Å². The quantitative estimate of drug-likeness (QED) is 0.0313. The number of amides is 6. The number of halogens is 2. The molecule has 113 heavy (non-hydrogen) atoms. The molecule has 10 atom stereocenters. The number of esters is 1. The third kappa shape index (κ3) is 17.1. The van der Waals surface area contributed by atoms with Gasteiger partial charge in [-0.2, -0.15) is 5.53 Å². The highest BCUT2D eigenvalue weighted by Crippen LogP contribution is 2.56. The molecular weight excluding hydrogens is 1530 g/mol. The topological polar surface area (TPSA) is 401 Å². The number of aryl methyl sites for hydroxylation is 2. The van der Waals surface area contributed by atoms with E-state index < -0.39 is 117 Å². The second-order valence-corrected chi connectivity index (χ2v) is 39.2. The Labute approximate surface area is 670 Å². The van der Waals surface area contributed by atoms with Gasteiger partial charge < -0.3 is 49.9 Å². The summed E-state index contributed by atoms with van der Waals surface area (Å²) in [5.41, 5.74) is 12.6. The van der Waals surface area contributed by atoms with Crippen molar-refractivity contribution in [1.29, 1.82) is 5.53 Å². The highest BCUT2D eigenvalue weighted by molar-refractivity contribution is 7.92. The van der Waals surface area contributed by atoms with E-state index >= 15 is 0 Å². The lowest BCUT2D eigenvalue weighted by atomic mass is 9.86. The largest absolute Gasteiger partial charge is 0.497 e. The van der Waals surface area contributed by atoms with Crippen molar-refractivity contribution in [2.75, 3.05) is 27.3 Å². The number of hydrogen-bond acceptors (Lipinski definition) is 21. The molecule has 2 saturated heterocycles.